The van der Waals surface area contributed by atoms with Gasteiger partial charge in [0, 0.05) is 17.6 Å². The maximum absolute atomic E-state index is 12.5. The lowest BCUT2D eigenvalue weighted by molar-refractivity contribution is 0.601. The van der Waals surface area contributed by atoms with Crippen molar-refractivity contribution in [2.24, 2.45) is 0 Å². The number of pyridine rings is 1. The summed E-state index contributed by atoms with van der Waals surface area (Å²) in [6.07, 6.45) is 1.74. The number of sulfonamides is 1. The van der Waals surface area contributed by atoms with Crippen LogP contribution in [0, 0.1) is 13.8 Å². The van der Waals surface area contributed by atoms with Crippen molar-refractivity contribution in [2.75, 3.05) is 4.72 Å². The first-order valence-electron chi connectivity index (χ1n) is 7.57. The van der Waals surface area contributed by atoms with Crippen molar-refractivity contribution < 1.29 is 8.42 Å². The molecular weight excluding hydrogens is 320 g/mol. The Morgan fingerprint density at radius 2 is 1.58 bits per heavy atom. The van der Waals surface area contributed by atoms with Crippen LogP contribution in [0.2, 0.25) is 0 Å². The number of hydrogen-bond acceptors (Lipinski definition) is 3. The van der Waals surface area contributed by atoms with Gasteiger partial charge < -0.3 is 0 Å². The fraction of sp³-hybridized carbons (Fsp3) is 0.105. The average Bonchev–Trinajstić information content (AvgIpc) is 2.55. The number of anilines is 1. The van der Waals surface area contributed by atoms with Gasteiger partial charge in [0.05, 0.1) is 4.90 Å². The topological polar surface area (TPSA) is 59.1 Å². The van der Waals surface area contributed by atoms with E-state index in [0.717, 1.165) is 22.4 Å². The van der Waals surface area contributed by atoms with E-state index in [2.05, 4.69) is 9.71 Å². The van der Waals surface area contributed by atoms with Crippen molar-refractivity contribution in [1.29, 1.82) is 0 Å². The number of aryl methyl sites for hydroxylation is 2. The van der Waals surface area contributed by atoms with Crippen LogP contribution < -0.4 is 4.72 Å². The molecule has 122 valence electrons. The molecule has 3 aromatic rings. The van der Waals surface area contributed by atoms with Crippen LogP contribution in [-0.2, 0) is 10.0 Å². The molecule has 0 spiro atoms. The fourth-order valence-corrected chi connectivity index (χ4v) is 3.47. The Kier molecular flexibility index (Phi) is 4.36. The SMILES string of the molecule is Cc1ccc(S(=O)(=O)Nc2cccc(-c3ccnc(C)c3)c2)cc1. The molecule has 0 radical (unpaired) electrons. The first-order valence-corrected chi connectivity index (χ1v) is 9.05. The summed E-state index contributed by atoms with van der Waals surface area (Å²) in [5.74, 6) is 0. The highest BCUT2D eigenvalue weighted by Gasteiger charge is 2.14. The van der Waals surface area contributed by atoms with Crippen molar-refractivity contribution >= 4 is 15.7 Å². The van der Waals surface area contributed by atoms with Gasteiger partial charge in [-0.05, 0) is 61.4 Å². The molecule has 0 saturated heterocycles. The molecule has 0 atom stereocenters. The van der Waals surface area contributed by atoms with Gasteiger partial charge in [-0.25, -0.2) is 8.42 Å². The van der Waals surface area contributed by atoms with Gasteiger partial charge in [0.1, 0.15) is 0 Å². The molecule has 0 saturated carbocycles. The van der Waals surface area contributed by atoms with E-state index in [1.165, 1.54) is 0 Å². The van der Waals surface area contributed by atoms with Crippen molar-refractivity contribution in [1.82, 2.24) is 4.98 Å². The maximum atomic E-state index is 12.5. The number of nitrogens with one attached hydrogen (secondary N) is 1. The monoisotopic (exact) mass is 338 g/mol. The Bertz CT molecular complexity index is 965. The van der Waals surface area contributed by atoms with Gasteiger partial charge >= 0.3 is 0 Å². The molecule has 0 bridgehead atoms. The Balaban J connectivity index is 1.91. The van der Waals surface area contributed by atoms with Crippen LogP contribution in [-0.4, -0.2) is 13.4 Å². The highest BCUT2D eigenvalue weighted by Crippen LogP contribution is 2.24. The van der Waals surface area contributed by atoms with Gasteiger partial charge in [0.25, 0.3) is 10.0 Å². The second-order valence-corrected chi connectivity index (χ2v) is 7.37. The molecule has 0 unspecified atom stereocenters. The van der Waals surface area contributed by atoms with E-state index in [0.29, 0.717) is 5.69 Å². The summed E-state index contributed by atoms with van der Waals surface area (Å²) in [4.78, 5) is 4.43. The predicted octanol–water partition coefficient (Wildman–Crippen LogP) is 4.17. The van der Waals surface area contributed by atoms with Gasteiger partial charge in [-0.1, -0.05) is 29.8 Å². The Morgan fingerprint density at radius 3 is 2.29 bits per heavy atom. The van der Waals surface area contributed by atoms with Crippen molar-refractivity contribution in [3.05, 3.63) is 78.1 Å². The molecule has 5 heteroatoms. The Hall–Kier alpha value is -2.66. The standard InChI is InChI=1S/C19H18N2O2S/c1-14-6-8-19(9-7-14)24(22,23)21-18-5-3-4-16(13-18)17-10-11-20-15(2)12-17/h3-13,21H,1-2H3. The fourth-order valence-electron chi connectivity index (χ4n) is 2.42. The molecule has 24 heavy (non-hydrogen) atoms. The van der Waals surface area contributed by atoms with Crippen LogP contribution in [0.5, 0.6) is 0 Å². The zero-order valence-corrected chi connectivity index (χ0v) is 14.3. The molecule has 0 fully saturated rings. The Labute approximate surface area is 142 Å². The third-order valence-corrected chi connectivity index (χ3v) is 5.07. The van der Waals surface area contributed by atoms with Gasteiger partial charge in [0.15, 0.2) is 0 Å². The quantitative estimate of drug-likeness (QED) is 0.777. The van der Waals surface area contributed by atoms with Crippen LogP contribution in [0.4, 0.5) is 5.69 Å². The van der Waals surface area contributed by atoms with Crippen LogP contribution in [0.15, 0.2) is 71.8 Å². The molecule has 0 aliphatic heterocycles. The summed E-state index contributed by atoms with van der Waals surface area (Å²) in [6.45, 7) is 3.84. The van der Waals surface area contributed by atoms with Gasteiger partial charge in [-0.3, -0.25) is 9.71 Å². The number of hydrogen-bond donors (Lipinski definition) is 1. The highest BCUT2D eigenvalue weighted by molar-refractivity contribution is 7.92. The first-order chi connectivity index (χ1) is 11.4. The van der Waals surface area contributed by atoms with E-state index in [4.69, 9.17) is 0 Å². The molecule has 3 rings (SSSR count). The third-order valence-electron chi connectivity index (χ3n) is 3.68. The van der Waals surface area contributed by atoms with E-state index < -0.39 is 10.0 Å². The lowest BCUT2D eigenvalue weighted by Gasteiger charge is -2.10. The predicted molar refractivity (Wildman–Crippen MR) is 96.4 cm³/mol. The summed E-state index contributed by atoms with van der Waals surface area (Å²) in [5.41, 5.74) is 4.40. The highest BCUT2D eigenvalue weighted by atomic mass is 32.2. The third kappa shape index (κ3) is 3.63. The second kappa shape index (κ2) is 6.45. The zero-order valence-electron chi connectivity index (χ0n) is 13.5. The van der Waals surface area contributed by atoms with Crippen molar-refractivity contribution in [2.45, 2.75) is 18.7 Å². The maximum Gasteiger partial charge on any atom is 0.261 e. The average molecular weight is 338 g/mol. The molecule has 0 aliphatic carbocycles. The molecule has 4 nitrogen and oxygen atoms in total. The van der Waals surface area contributed by atoms with Gasteiger partial charge in [0.2, 0.25) is 0 Å². The summed E-state index contributed by atoms with van der Waals surface area (Å²) in [7, 11) is -3.60. The lowest BCUT2D eigenvalue weighted by Crippen LogP contribution is -2.12. The minimum Gasteiger partial charge on any atom is -0.280 e. The van der Waals surface area contributed by atoms with Crippen LogP contribution in [0.3, 0.4) is 0 Å². The molecule has 0 aliphatic rings. The smallest absolute Gasteiger partial charge is 0.261 e. The van der Waals surface area contributed by atoms with E-state index in [-0.39, 0.29) is 4.90 Å². The number of rotatable bonds is 4. The molecule has 2 aromatic carbocycles. The summed E-state index contributed by atoms with van der Waals surface area (Å²) < 4.78 is 27.6. The number of benzene rings is 2. The van der Waals surface area contributed by atoms with Crippen molar-refractivity contribution in [3.8, 4) is 11.1 Å². The van der Waals surface area contributed by atoms with Gasteiger partial charge in [-0.15, -0.1) is 0 Å². The van der Waals surface area contributed by atoms with Crippen LogP contribution >= 0.6 is 0 Å². The lowest BCUT2D eigenvalue weighted by atomic mass is 10.1. The van der Waals surface area contributed by atoms with E-state index in [1.807, 2.05) is 44.2 Å². The van der Waals surface area contributed by atoms with Gasteiger partial charge in [-0.2, -0.15) is 0 Å². The second-order valence-electron chi connectivity index (χ2n) is 5.69. The molecule has 1 aromatic heterocycles. The van der Waals surface area contributed by atoms with Crippen molar-refractivity contribution in [3.63, 3.8) is 0 Å². The largest absolute Gasteiger partial charge is 0.280 e. The number of aromatic nitrogens is 1. The van der Waals surface area contributed by atoms with E-state index >= 15 is 0 Å². The van der Waals surface area contributed by atoms with Crippen LogP contribution in [0.25, 0.3) is 11.1 Å². The zero-order chi connectivity index (χ0) is 17.2. The van der Waals surface area contributed by atoms with E-state index in [9.17, 15) is 8.42 Å². The minimum atomic E-state index is -3.60. The Morgan fingerprint density at radius 1 is 0.875 bits per heavy atom. The van der Waals surface area contributed by atoms with Crippen LogP contribution in [0.1, 0.15) is 11.3 Å². The molecule has 1 heterocycles. The minimum absolute atomic E-state index is 0.248. The van der Waals surface area contributed by atoms with E-state index in [1.54, 1.807) is 36.5 Å². The first kappa shape index (κ1) is 16.2. The molecule has 0 amide bonds. The molecular formula is C19H18N2O2S. The summed E-state index contributed by atoms with van der Waals surface area (Å²) in [6, 6.07) is 18.0. The normalized spacial score (nSPS) is 11.2. The summed E-state index contributed by atoms with van der Waals surface area (Å²) >= 11 is 0. The number of nitrogens with zero attached hydrogens (tertiary/aromatic N) is 1. The summed E-state index contributed by atoms with van der Waals surface area (Å²) in [5, 5.41) is 0. The molecule has 1 N–H and O–H groups in total.